The lowest BCUT2D eigenvalue weighted by Crippen LogP contribution is -1.99. The van der Waals surface area contributed by atoms with Crippen LogP contribution in [-0.4, -0.2) is 30.0 Å². The van der Waals surface area contributed by atoms with Crippen LogP contribution in [0.4, 0.5) is 0 Å². The fraction of sp³-hybridized carbons (Fsp3) is 0.0588. The van der Waals surface area contributed by atoms with Crippen molar-refractivity contribution in [3.05, 3.63) is 77.6 Å². The highest BCUT2D eigenvalue weighted by molar-refractivity contribution is 7.98. The highest BCUT2D eigenvalue weighted by Crippen LogP contribution is 2.23. The van der Waals surface area contributed by atoms with Crippen molar-refractivity contribution in [3.63, 3.8) is 0 Å². The Morgan fingerprint density at radius 2 is 1.72 bits per heavy atom. The Balaban J connectivity index is 1.47. The molecule has 6 nitrogen and oxygen atoms in total. The Morgan fingerprint density at radius 3 is 2.44 bits per heavy atom. The van der Waals surface area contributed by atoms with E-state index in [1.54, 1.807) is 22.6 Å². The molecular formula is C17H13ClN6S. The first-order valence-electron chi connectivity index (χ1n) is 7.56. The number of thioether (sulfide) groups is 1. The van der Waals surface area contributed by atoms with Gasteiger partial charge in [-0.25, -0.2) is 4.68 Å². The zero-order valence-electron chi connectivity index (χ0n) is 13.0. The molecule has 0 aliphatic heterocycles. The normalized spacial score (nSPS) is 10.9. The summed E-state index contributed by atoms with van der Waals surface area (Å²) >= 11 is 7.51. The van der Waals surface area contributed by atoms with Crippen LogP contribution in [0.25, 0.3) is 11.4 Å². The lowest BCUT2D eigenvalue weighted by atomic mass is 10.2. The second-order valence-corrected chi connectivity index (χ2v) is 6.63. The maximum atomic E-state index is 5.93. The molecule has 0 saturated carbocycles. The fourth-order valence-corrected chi connectivity index (χ4v) is 3.30. The average Bonchev–Trinajstić information content (AvgIpc) is 3.33. The summed E-state index contributed by atoms with van der Waals surface area (Å²) < 4.78 is 3.54. The summed E-state index contributed by atoms with van der Waals surface area (Å²) in [5.41, 5.74) is 3.10. The number of aromatic nitrogens is 6. The Hall–Kier alpha value is -2.64. The monoisotopic (exact) mass is 368 g/mol. The van der Waals surface area contributed by atoms with Gasteiger partial charge in [0.05, 0.1) is 11.4 Å². The molecule has 0 atom stereocenters. The Bertz CT molecular complexity index is 948. The van der Waals surface area contributed by atoms with Gasteiger partial charge in [0.1, 0.15) is 0 Å². The minimum absolute atomic E-state index is 0.684. The maximum Gasteiger partial charge on any atom is 0.214 e. The average molecular weight is 369 g/mol. The summed E-state index contributed by atoms with van der Waals surface area (Å²) in [6.45, 7) is 0. The third-order valence-corrected chi connectivity index (χ3v) is 4.83. The molecule has 2 heterocycles. The molecule has 0 unspecified atom stereocenters. The fourth-order valence-electron chi connectivity index (χ4n) is 2.33. The van der Waals surface area contributed by atoms with E-state index in [2.05, 4.69) is 32.8 Å². The van der Waals surface area contributed by atoms with Crippen molar-refractivity contribution in [2.45, 2.75) is 10.9 Å². The van der Waals surface area contributed by atoms with Gasteiger partial charge >= 0.3 is 0 Å². The lowest BCUT2D eigenvalue weighted by molar-refractivity contribution is 0.756. The van der Waals surface area contributed by atoms with Crippen LogP contribution < -0.4 is 0 Å². The summed E-state index contributed by atoms with van der Waals surface area (Å²) in [5, 5.41) is 17.6. The van der Waals surface area contributed by atoms with Gasteiger partial charge in [0.2, 0.25) is 5.16 Å². The quantitative estimate of drug-likeness (QED) is 0.501. The minimum Gasteiger partial charge on any atom is -0.241 e. The van der Waals surface area contributed by atoms with E-state index in [1.807, 2.05) is 53.3 Å². The molecule has 0 radical (unpaired) electrons. The van der Waals surface area contributed by atoms with E-state index < -0.39 is 0 Å². The molecule has 0 spiro atoms. The molecule has 25 heavy (non-hydrogen) atoms. The Morgan fingerprint density at radius 1 is 0.960 bits per heavy atom. The van der Waals surface area contributed by atoms with E-state index in [1.165, 1.54) is 5.56 Å². The molecule has 0 amide bonds. The summed E-state index contributed by atoms with van der Waals surface area (Å²) in [6, 6.07) is 17.6. The minimum atomic E-state index is 0.684. The standard InChI is InChI=1S/C17H13ClN6S/c18-14-4-8-16(9-5-14)24-17(20-21-22-24)25-12-13-2-6-15(7-3-13)23-11-1-10-19-23/h1-11H,12H2. The van der Waals surface area contributed by atoms with Crippen LogP contribution in [0.2, 0.25) is 5.02 Å². The van der Waals surface area contributed by atoms with Gasteiger partial charge in [-0.05, 0) is 58.5 Å². The van der Waals surface area contributed by atoms with Crippen LogP contribution in [0.1, 0.15) is 5.56 Å². The van der Waals surface area contributed by atoms with Crippen LogP contribution >= 0.6 is 23.4 Å². The number of hydrogen-bond acceptors (Lipinski definition) is 5. The molecule has 0 aliphatic carbocycles. The van der Waals surface area contributed by atoms with Gasteiger partial charge in [0, 0.05) is 23.2 Å². The molecule has 8 heteroatoms. The second kappa shape index (κ2) is 7.08. The van der Waals surface area contributed by atoms with Gasteiger partial charge in [0.25, 0.3) is 0 Å². The van der Waals surface area contributed by atoms with Gasteiger partial charge in [0.15, 0.2) is 0 Å². The molecule has 0 N–H and O–H groups in total. The highest BCUT2D eigenvalue weighted by Gasteiger charge is 2.09. The van der Waals surface area contributed by atoms with Crippen molar-refractivity contribution in [1.29, 1.82) is 0 Å². The molecule has 124 valence electrons. The summed E-state index contributed by atoms with van der Waals surface area (Å²) in [6.07, 6.45) is 3.68. The van der Waals surface area contributed by atoms with E-state index in [0.29, 0.717) is 5.02 Å². The molecule has 0 saturated heterocycles. The smallest absolute Gasteiger partial charge is 0.214 e. The van der Waals surface area contributed by atoms with Crippen molar-refractivity contribution in [2.24, 2.45) is 0 Å². The van der Waals surface area contributed by atoms with Crippen LogP contribution in [0, 0.1) is 0 Å². The molecule has 2 aromatic heterocycles. The zero-order valence-corrected chi connectivity index (χ0v) is 14.6. The molecule has 4 aromatic rings. The van der Waals surface area contributed by atoms with Gasteiger partial charge in [-0.1, -0.05) is 35.5 Å². The second-order valence-electron chi connectivity index (χ2n) is 5.26. The van der Waals surface area contributed by atoms with E-state index in [-0.39, 0.29) is 0 Å². The van der Waals surface area contributed by atoms with E-state index in [4.69, 9.17) is 11.6 Å². The van der Waals surface area contributed by atoms with Crippen molar-refractivity contribution in [1.82, 2.24) is 30.0 Å². The number of benzene rings is 2. The highest BCUT2D eigenvalue weighted by atomic mass is 35.5. The molecule has 2 aromatic carbocycles. The van der Waals surface area contributed by atoms with Gasteiger partial charge in [-0.15, -0.1) is 5.10 Å². The summed E-state index contributed by atoms with van der Waals surface area (Å²) in [4.78, 5) is 0. The van der Waals surface area contributed by atoms with Crippen LogP contribution in [-0.2, 0) is 5.75 Å². The topological polar surface area (TPSA) is 61.4 Å². The van der Waals surface area contributed by atoms with Gasteiger partial charge in [-0.2, -0.15) is 9.78 Å². The lowest BCUT2D eigenvalue weighted by Gasteiger charge is -2.06. The van der Waals surface area contributed by atoms with Crippen LogP contribution in [0.5, 0.6) is 0 Å². The van der Waals surface area contributed by atoms with Crippen molar-refractivity contribution in [3.8, 4) is 11.4 Å². The number of tetrazole rings is 1. The third kappa shape index (κ3) is 3.57. The molecule has 4 rings (SSSR count). The zero-order chi connectivity index (χ0) is 17.1. The number of halogens is 1. The first-order valence-corrected chi connectivity index (χ1v) is 8.92. The van der Waals surface area contributed by atoms with E-state index >= 15 is 0 Å². The first kappa shape index (κ1) is 15.9. The number of rotatable bonds is 5. The summed E-state index contributed by atoms with van der Waals surface area (Å²) in [5.74, 6) is 0.771. The van der Waals surface area contributed by atoms with E-state index in [0.717, 1.165) is 22.3 Å². The first-order chi connectivity index (χ1) is 12.3. The van der Waals surface area contributed by atoms with Crippen molar-refractivity contribution >= 4 is 23.4 Å². The molecular weight excluding hydrogens is 356 g/mol. The Kier molecular flexibility index (Phi) is 4.49. The summed E-state index contributed by atoms with van der Waals surface area (Å²) in [7, 11) is 0. The SMILES string of the molecule is Clc1ccc(-n2nnnc2SCc2ccc(-n3cccn3)cc2)cc1. The predicted octanol–water partition coefficient (Wildman–Crippen LogP) is 3.79. The Labute approximate surface area is 153 Å². The molecule has 0 fully saturated rings. The molecule has 0 aliphatic rings. The number of nitrogens with zero attached hydrogens (tertiary/aromatic N) is 6. The third-order valence-electron chi connectivity index (χ3n) is 3.59. The van der Waals surface area contributed by atoms with Crippen LogP contribution in [0.3, 0.4) is 0 Å². The number of hydrogen-bond donors (Lipinski definition) is 0. The van der Waals surface area contributed by atoms with Gasteiger partial charge in [-0.3, -0.25) is 0 Å². The van der Waals surface area contributed by atoms with Crippen molar-refractivity contribution in [2.75, 3.05) is 0 Å². The maximum absolute atomic E-state index is 5.93. The van der Waals surface area contributed by atoms with E-state index in [9.17, 15) is 0 Å². The van der Waals surface area contributed by atoms with Gasteiger partial charge < -0.3 is 0 Å². The van der Waals surface area contributed by atoms with Crippen LogP contribution in [0.15, 0.2) is 72.1 Å². The largest absolute Gasteiger partial charge is 0.241 e. The van der Waals surface area contributed by atoms with Crippen molar-refractivity contribution < 1.29 is 0 Å². The molecule has 0 bridgehead atoms. The predicted molar refractivity (Wildman–Crippen MR) is 97.3 cm³/mol.